The molecule has 0 saturated heterocycles. The summed E-state index contributed by atoms with van der Waals surface area (Å²) in [6.07, 6.45) is -15.2. The van der Waals surface area contributed by atoms with Crippen molar-refractivity contribution in [2.24, 2.45) is 0 Å². The van der Waals surface area contributed by atoms with Gasteiger partial charge in [0.05, 0.1) is 0 Å². The molecule has 1 aromatic rings. The lowest BCUT2D eigenvalue weighted by Crippen LogP contribution is -2.46. The molecule has 0 spiro atoms. The Labute approximate surface area is 121 Å². The molecule has 21 heavy (non-hydrogen) atoms. The Bertz CT molecular complexity index is 495. The fraction of sp³-hybridized carbons (Fsp3) is 0.636. The maximum Gasteiger partial charge on any atom is 0.434 e. The van der Waals surface area contributed by atoms with Crippen molar-refractivity contribution in [3.8, 4) is 5.88 Å². The van der Waals surface area contributed by atoms with Crippen molar-refractivity contribution < 1.29 is 31.1 Å². The van der Waals surface area contributed by atoms with Crippen LogP contribution in [0.15, 0.2) is 6.07 Å². The first-order valence-corrected chi connectivity index (χ1v) is 5.94. The summed E-state index contributed by atoms with van der Waals surface area (Å²) >= 11 is 5.57. The van der Waals surface area contributed by atoms with Gasteiger partial charge in [0.1, 0.15) is 11.0 Å². The predicted molar refractivity (Wildman–Crippen MR) is 62.3 cm³/mol. The summed E-state index contributed by atoms with van der Waals surface area (Å²) in [6.45, 7) is 4.86. The molecule has 0 aliphatic heterocycles. The minimum atomic E-state index is -5.63. The Hall–Kier alpha value is -1.25. The third-order valence-electron chi connectivity index (χ3n) is 2.18. The number of aromatic nitrogens is 2. The van der Waals surface area contributed by atoms with Crippen molar-refractivity contribution in [2.75, 3.05) is 0 Å². The molecular formula is C11H11ClF6N2O. The molecule has 0 radical (unpaired) electrons. The first kappa shape index (κ1) is 17.8. The average Bonchev–Trinajstić information content (AvgIpc) is 2.20. The summed E-state index contributed by atoms with van der Waals surface area (Å²) in [7, 11) is 0. The topological polar surface area (TPSA) is 35.0 Å². The molecule has 0 N–H and O–H groups in total. The SMILES string of the molecule is CC(C)(C)c1nc(Cl)cc(OC(C(F)(F)F)C(F)(F)F)n1. The van der Waals surface area contributed by atoms with Gasteiger partial charge in [-0.2, -0.15) is 31.3 Å². The van der Waals surface area contributed by atoms with E-state index >= 15 is 0 Å². The first-order chi connectivity index (χ1) is 9.21. The highest BCUT2D eigenvalue weighted by atomic mass is 35.5. The summed E-state index contributed by atoms with van der Waals surface area (Å²) in [6, 6.07) is 0.696. The number of hydrogen-bond donors (Lipinski definition) is 0. The van der Waals surface area contributed by atoms with E-state index in [0.29, 0.717) is 6.07 Å². The zero-order chi connectivity index (χ0) is 16.6. The summed E-state index contributed by atoms with van der Waals surface area (Å²) < 4.78 is 78.5. The van der Waals surface area contributed by atoms with Gasteiger partial charge in [0, 0.05) is 11.5 Å². The van der Waals surface area contributed by atoms with Crippen LogP contribution in [-0.2, 0) is 5.41 Å². The van der Waals surface area contributed by atoms with Gasteiger partial charge >= 0.3 is 12.4 Å². The molecule has 0 bridgehead atoms. The van der Waals surface area contributed by atoms with Crippen LogP contribution in [0.2, 0.25) is 5.15 Å². The van der Waals surface area contributed by atoms with E-state index in [4.69, 9.17) is 11.6 Å². The van der Waals surface area contributed by atoms with Crippen LogP contribution in [0, 0.1) is 0 Å². The highest BCUT2D eigenvalue weighted by Gasteiger charge is 2.59. The van der Waals surface area contributed by atoms with Crippen LogP contribution in [0.5, 0.6) is 5.88 Å². The molecule has 10 heteroatoms. The molecular weight excluding hydrogens is 326 g/mol. The van der Waals surface area contributed by atoms with Crippen LogP contribution in [-0.4, -0.2) is 28.4 Å². The van der Waals surface area contributed by atoms with Crippen molar-refractivity contribution in [2.45, 2.75) is 44.6 Å². The molecule has 1 aromatic heterocycles. The lowest BCUT2D eigenvalue weighted by atomic mass is 9.96. The van der Waals surface area contributed by atoms with Gasteiger partial charge in [-0.15, -0.1) is 0 Å². The highest BCUT2D eigenvalue weighted by Crippen LogP contribution is 2.36. The van der Waals surface area contributed by atoms with Gasteiger partial charge in [-0.1, -0.05) is 32.4 Å². The number of rotatable bonds is 2. The Balaban J connectivity index is 3.20. The van der Waals surface area contributed by atoms with Crippen molar-refractivity contribution >= 4 is 11.6 Å². The highest BCUT2D eigenvalue weighted by molar-refractivity contribution is 6.29. The normalized spacial score (nSPS) is 13.7. The summed E-state index contributed by atoms with van der Waals surface area (Å²) in [4.78, 5) is 7.30. The van der Waals surface area contributed by atoms with Crippen molar-refractivity contribution in [3.63, 3.8) is 0 Å². The van der Waals surface area contributed by atoms with Crippen molar-refractivity contribution in [1.82, 2.24) is 9.97 Å². The van der Waals surface area contributed by atoms with Crippen LogP contribution in [0.25, 0.3) is 0 Å². The van der Waals surface area contributed by atoms with E-state index in [9.17, 15) is 26.3 Å². The van der Waals surface area contributed by atoms with E-state index in [1.165, 1.54) is 0 Å². The fourth-order valence-electron chi connectivity index (χ4n) is 1.23. The van der Waals surface area contributed by atoms with E-state index in [1.807, 2.05) is 0 Å². The number of alkyl halides is 6. The number of ether oxygens (including phenoxy) is 1. The largest absolute Gasteiger partial charge is 0.455 e. The second-order valence-electron chi connectivity index (χ2n) is 5.18. The zero-order valence-electron chi connectivity index (χ0n) is 11.1. The van der Waals surface area contributed by atoms with Crippen LogP contribution < -0.4 is 4.74 Å². The molecule has 120 valence electrons. The second-order valence-corrected chi connectivity index (χ2v) is 5.57. The van der Waals surface area contributed by atoms with Crippen LogP contribution in [0.3, 0.4) is 0 Å². The number of halogens is 7. The lowest BCUT2D eigenvalue weighted by Gasteiger charge is -2.24. The summed E-state index contributed by atoms with van der Waals surface area (Å²) in [5.41, 5.74) is -0.727. The maximum absolute atomic E-state index is 12.4. The quantitative estimate of drug-likeness (QED) is 0.596. The Morgan fingerprint density at radius 2 is 1.48 bits per heavy atom. The predicted octanol–water partition coefficient (Wildman–Crippen LogP) is 4.30. The molecule has 0 atom stereocenters. The molecule has 0 aliphatic rings. The van der Waals surface area contributed by atoms with Crippen molar-refractivity contribution in [3.05, 3.63) is 17.0 Å². The number of hydrogen-bond acceptors (Lipinski definition) is 3. The Morgan fingerprint density at radius 1 is 1.00 bits per heavy atom. The third-order valence-corrected chi connectivity index (χ3v) is 2.37. The minimum absolute atomic E-state index is 0.0342. The average molecular weight is 337 g/mol. The van der Waals surface area contributed by atoms with Gasteiger partial charge in [0.25, 0.3) is 6.10 Å². The van der Waals surface area contributed by atoms with Crippen LogP contribution >= 0.6 is 11.6 Å². The first-order valence-electron chi connectivity index (χ1n) is 5.56. The van der Waals surface area contributed by atoms with Gasteiger partial charge in [0.15, 0.2) is 0 Å². The van der Waals surface area contributed by atoms with Gasteiger partial charge in [-0.05, 0) is 0 Å². The molecule has 0 amide bonds. The molecule has 0 aromatic carbocycles. The smallest absolute Gasteiger partial charge is 0.434 e. The van der Waals surface area contributed by atoms with Crippen LogP contribution in [0.4, 0.5) is 26.3 Å². The molecule has 0 saturated carbocycles. The molecule has 0 fully saturated rings. The molecule has 0 unspecified atom stereocenters. The standard InChI is InChI=1S/C11H11ClF6N2O/c1-9(2,3)8-19-5(12)4-6(20-8)21-7(10(13,14)15)11(16,17)18/h4,7H,1-3H3. The van der Waals surface area contributed by atoms with Gasteiger partial charge in [-0.25, -0.2) is 4.98 Å². The monoisotopic (exact) mass is 336 g/mol. The van der Waals surface area contributed by atoms with E-state index in [1.54, 1.807) is 20.8 Å². The zero-order valence-corrected chi connectivity index (χ0v) is 11.9. The van der Waals surface area contributed by atoms with Gasteiger partial charge < -0.3 is 4.74 Å². The van der Waals surface area contributed by atoms with Crippen molar-refractivity contribution in [1.29, 1.82) is 0 Å². The molecule has 3 nitrogen and oxygen atoms in total. The summed E-state index contributed by atoms with van der Waals surface area (Å²) in [5.74, 6) is -0.923. The Morgan fingerprint density at radius 3 is 1.86 bits per heavy atom. The Kier molecular flexibility index (Phi) is 4.67. The molecule has 0 aliphatic carbocycles. The molecule has 1 rings (SSSR count). The van der Waals surface area contributed by atoms with E-state index in [0.717, 1.165) is 0 Å². The van der Waals surface area contributed by atoms with Gasteiger partial charge in [-0.3, -0.25) is 0 Å². The maximum atomic E-state index is 12.4. The van der Waals surface area contributed by atoms with Gasteiger partial charge in [0.2, 0.25) is 5.88 Å². The van der Waals surface area contributed by atoms with E-state index in [-0.39, 0.29) is 11.0 Å². The number of nitrogens with zero attached hydrogens (tertiary/aromatic N) is 2. The summed E-state index contributed by atoms with van der Waals surface area (Å²) in [5, 5.41) is -0.312. The lowest BCUT2D eigenvalue weighted by molar-refractivity contribution is -0.300. The molecule has 1 heterocycles. The van der Waals surface area contributed by atoms with E-state index in [2.05, 4.69) is 14.7 Å². The third kappa shape index (κ3) is 4.90. The van der Waals surface area contributed by atoms with Crippen LogP contribution in [0.1, 0.15) is 26.6 Å². The van der Waals surface area contributed by atoms with E-state index < -0.39 is 29.8 Å². The minimum Gasteiger partial charge on any atom is -0.455 e. The second kappa shape index (κ2) is 5.51. The fourth-order valence-corrected chi connectivity index (χ4v) is 1.41.